The van der Waals surface area contributed by atoms with Crippen LogP contribution in [0, 0.1) is 0 Å². The first-order valence-corrected chi connectivity index (χ1v) is 11.6. The first-order valence-electron chi connectivity index (χ1n) is 10.2. The van der Waals surface area contributed by atoms with E-state index in [9.17, 15) is 13.2 Å². The lowest BCUT2D eigenvalue weighted by Crippen LogP contribution is -2.40. The molecule has 3 rings (SSSR count). The fraction of sp³-hybridized carbons (Fsp3) is 0.208. The normalized spacial score (nSPS) is 12.1. The molecule has 0 aromatic heterocycles. The summed E-state index contributed by atoms with van der Waals surface area (Å²) in [6.45, 7) is 5.36. The molecule has 1 amide bonds. The minimum atomic E-state index is -3.79. The zero-order chi connectivity index (χ0) is 23.1. The molecule has 0 unspecified atom stereocenters. The number of carbonyl (C=O) groups excluding carboxylic acids is 1. The molecule has 0 bridgehead atoms. The molecule has 0 radical (unpaired) electrons. The van der Waals surface area contributed by atoms with Crippen LogP contribution in [0.1, 0.15) is 20.8 Å². The van der Waals surface area contributed by atoms with E-state index in [0.29, 0.717) is 22.9 Å². The summed E-state index contributed by atoms with van der Waals surface area (Å²) in [7, 11) is -3.79. The van der Waals surface area contributed by atoms with E-state index >= 15 is 0 Å². The monoisotopic (exact) mass is 454 g/mol. The summed E-state index contributed by atoms with van der Waals surface area (Å²) in [5.74, 6) is 1.45. The van der Waals surface area contributed by atoms with E-state index in [1.54, 1.807) is 31.2 Å². The highest BCUT2D eigenvalue weighted by Crippen LogP contribution is 2.24. The predicted molar refractivity (Wildman–Crippen MR) is 124 cm³/mol. The summed E-state index contributed by atoms with van der Waals surface area (Å²) in [4.78, 5) is 12.0. The Balaban J connectivity index is 1.62. The van der Waals surface area contributed by atoms with Crippen LogP contribution in [0.5, 0.6) is 17.2 Å². The van der Waals surface area contributed by atoms with Crippen molar-refractivity contribution in [1.29, 1.82) is 0 Å². The molecule has 0 saturated carbocycles. The van der Waals surface area contributed by atoms with Crippen LogP contribution in [-0.2, 0) is 14.8 Å². The van der Waals surface area contributed by atoms with Crippen molar-refractivity contribution >= 4 is 21.6 Å². The maximum absolute atomic E-state index is 12.7. The Morgan fingerprint density at radius 2 is 1.34 bits per heavy atom. The van der Waals surface area contributed by atoms with Gasteiger partial charge in [0, 0.05) is 11.7 Å². The molecule has 2 N–H and O–H groups in total. The Kier molecular flexibility index (Phi) is 7.37. The molecule has 1 atom stereocenters. The van der Waals surface area contributed by atoms with Crippen molar-refractivity contribution in [2.24, 2.45) is 0 Å². The molecule has 3 aromatic rings. The van der Waals surface area contributed by atoms with Crippen molar-refractivity contribution in [2.45, 2.75) is 37.8 Å². The average molecular weight is 455 g/mol. The lowest BCUT2D eigenvalue weighted by molar-refractivity contribution is -0.127. The molecule has 0 spiro atoms. The first kappa shape index (κ1) is 23.1. The highest BCUT2D eigenvalue weighted by molar-refractivity contribution is 7.92. The van der Waals surface area contributed by atoms with E-state index in [1.165, 1.54) is 24.3 Å². The fourth-order valence-corrected chi connectivity index (χ4v) is 3.85. The molecule has 0 aliphatic rings. The van der Waals surface area contributed by atoms with Crippen molar-refractivity contribution in [3.8, 4) is 17.2 Å². The Hall–Kier alpha value is -3.52. The molecule has 7 nitrogen and oxygen atoms in total. The molecule has 0 aliphatic carbocycles. The van der Waals surface area contributed by atoms with Crippen molar-refractivity contribution in [3.05, 3.63) is 78.9 Å². The smallest absolute Gasteiger partial charge is 0.261 e. The third-order valence-electron chi connectivity index (χ3n) is 4.33. The Morgan fingerprint density at radius 3 is 1.94 bits per heavy atom. The van der Waals surface area contributed by atoms with Crippen molar-refractivity contribution in [3.63, 3.8) is 0 Å². The Labute approximate surface area is 188 Å². The number of benzene rings is 3. The second kappa shape index (κ2) is 10.2. The molecule has 0 aliphatic heterocycles. The van der Waals surface area contributed by atoms with Gasteiger partial charge in [0.05, 0.1) is 4.90 Å². The van der Waals surface area contributed by atoms with Gasteiger partial charge < -0.3 is 14.8 Å². The van der Waals surface area contributed by atoms with E-state index in [-0.39, 0.29) is 16.8 Å². The number of anilines is 1. The van der Waals surface area contributed by atoms with Gasteiger partial charge in [0.2, 0.25) is 0 Å². The Bertz CT molecular complexity index is 1130. The van der Waals surface area contributed by atoms with E-state index < -0.39 is 16.1 Å². The minimum absolute atomic E-state index is 0.00566. The van der Waals surface area contributed by atoms with E-state index in [2.05, 4.69) is 10.0 Å². The molecule has 32 heavy (non-hydrogen) atoms. The van der Waals surface area contributed by atoms with Crippen LogP contribution in [0.4, 0.5) is 5.69 Å². The number of amides is 1. The number of hydrogen-bond donors (Lipinski definition) is 2. The zero-order valence-electron chi connectivity index (χ0n) is 18.1. The third-order valence-corrected chi connectivity index (χ3v) is 5.73. The molecule has 3 aromatic carbocycles. The summed E-state index contributed by atoms with van der Waals surface area (Å²) < 4.78 is 39.2. The van der Waals surface area contributed by atoms with Crippen LogP contribution in [-0.4, -0.2) is 26.5 Å². The van der Waals surface area contributed by atoms with Crippen LogP contribution in [0.25, 0.3) is 0 Å². The summed E-state index contributed by atoms with van der Waals surface area (Å²) in [6, 6.07) is 21.8. The van der Waals surface area contributed by atoms with Gasteiger partial charge in [-0.05, 0) is 81.4 Å². The topological polar surface area (TPSA) is 93.7 Å². The van der Waals surface area contributed by atoms with Crippen molar-refractivity contribution in [2.75, 3.05) is 4.72 Å². The molecule has 168 valence electrons. The quantitative estimate of drug-likeness (QED) is 0.494. The number of ether oxygens (including phenoxy) is 2. The molecule has 0 saturated heterocycles. The number of carbonyl (C=O) groups is 1. The van der Waals surface area contributed by atoms with E-state index in [0.717, 1.165) is 0 Å². The summed E-state index contributed by atoms with van der Waals surface area (Å²) in [5.41, 5.74) is 0.407. The van der Waals surface area contributed by atoms with Gasteiger partial charge >= 0.3 is 0 Å². The average Bonchev–Trinajstić information content (AvgIpc) is 2.75. The van der Waals surface area contributed by atoms with Crippen LogP contribution < -0.4 is 19.5 Å². The highest BCUT2D eigenvalue weighted by atomic mass is 32.2. The number of sulfonamides is 1. The SMILES string of the molecule is CC(C)NC(=O)[C@@H](C)Oc1ccc(S(=O)(=O)Nc2ccc(Oc3ccccc3)cc2)cc1. The van der Waals surface area contributed by atoms with Crippen LogP contribution in [0.15, 0.2) is 83.8 Å². The number of rotatable bonds is 9. The largest absolute Gasteiger partial charge is 0.481 e. The zero-order valence-corrected chi connectivity index (χ0v) is 18.9. The fourth-order valence-electron chi connectivity index (χ4n) is 2.79. The molecular formula is C24H26N2O5S. The summed E-state index contributed by atoms with van der Waals surface area (Å²) in [6.07, 6.45) is -0.699. The third kappa shape index (κ3) is 6.49. The molecule has 0 fully saturated rings. The minimum Gasteiger partial charge on any atom is -0.481 e. The second-order valence-electron chi connectivity index (χ2n) is 7.44. The molecular weight excluding hydrogens is 428 g/mol. The number of para-hydroxylation sites is 1. The van der Waals surface area contributed by atoms with E-state index in [1.807, 2.05) is 44.2 Å². The lowest BCUT2D eigenvalue weighted by atomic mass is 10.3. The van der Waals surface area contributed by atoms with Gasteiger partial charge in [0.25, 0.3) is 15.9 Å². The number of nitrogens with one attached hydrogen (secondary N) is 2. The van der Waals surface area contributed by atoms with Crippen LogP contribution in [0.2, 0.25) is 0 Å². The molecule has 8 heteroatoms. The molecule has 0 heterocycles. The van der Waals surface area contributed by atoms with Gasteiger partial charge in [0.1, 0.15) is 17.2 Å². The van der Waals surface area contributed by atoms with Gasteiger partial charge in [-0.15, -0.1) is 0 Å². The van der Waals surface area contributed by atoms with Gasteiger partial charge in [-0.3, -0.25) is 9.52 Å². The maximum Gasteiger partial charge on any atom is 0.261 e. The highest BCUT2D eigenvalue weighted by Gasteiger charge is 2.17. The van der Waals surface area contributed by atoms with Crippen LogP contribution in [0.3, 0.4) is 0 Å². The number of hydrogen-bond acceptors (Lipinski definition) is 5. The second-order valence-corrected chi connectivity index (χ2v) is 9.12. The van der Waals surface area contributed by atoms with Gasteiger partial charge in [-0.25, -0.2) is 8.42 Å². The lowest BCUT2D eigenvalue weighted by Gasteiger charge is -2.16. The standard InChI is InChI=1S/C24H26N2O5S/c1-17(2)25-24(27)18(3)30-21-13-15-23(16-14-21)32(28,29)26-19-9-11-22(12-10-19)31-20-7-5-4-6-8-20/h4-18,26H,1-3H3,(H,25,27)/t18-/m1/s1. The maximum atomic E-state index is 12.7. The van der Waals surface area contributed by atoms with Crippen LogP contribution >= 0.6 is 0 Å². The Morgan fingerprint density at radius 1 is 0.781 bits per heavy atom. The van der Waals surface area contributed by atoms with Gasteiger partial charge in [-0.2, -0.15) is 0 Å². The van der Waals surface area contributed by atoms with Crippen molar-refractivity contribution in [1.82, 2.24) is 5.32 Å². The predicted octanol–water partition coefficient (Wildman–Crippen LogP) is 4.57. The van der Waals surface area contributed by atoms with Gasteiger partial charge in [-0.1, -0.05) is 18.2 Å². The van der Waals surface area contributed by atoms with Crippen molar-refractivity contribution < 1.29 is 22.7 Å². The first-order chi connectivity index (χ1) is 15.2. The van der Waals surface area contributed by atoms with Gasteiger partial charge in [0.15, 0.2) is 6.10 Å². The van der Waals surface area contributed by atoms with E-state index in [4.69, 9.17) is 9.47 Å². The summed E-state index contributed by atoms with van der Waals surface area (Å²) >= 11 is 0. The summed E-state index contributed by atoms with van der Waals surface area (Å²) in [5, 5.41) is 2.76.